The third kappa shape index (κ3) is 4.26. The highest BCUT2D eigenvalue weighted by Crippen LogP contribution is 2.00. The molecule has 1 atom stereocenters. The fraction of sp³-hybridized carbons (Fsp3) is 0.545. The summed E-state index contributed by atoms with van der Waals surface area (Å²) in [7, 11) is 1.76. The summed E-state index contributed by atoms with van der Waals surface area (Å²) >= 11 is 0. The van der Waals surface area contributed by atoms with Crippen LogP contribution in [0.4, 0.5) is 0 Å². The van der Waals surface area contributed by atoms with E-state index in [4.69, 9.17) is 5.11 Å². The number of hydrogen-bond donors (Lipinski definition) is 2. The van der Waals surface area contributed by atoms with Crippen molar-refractivity contribution < 1.29 is 14.7 Å². The van der Waals surface area contributed by atoms with E-state index in [1.54, 1.807) is 24.1 Å². The normalized spacial score (nSPS) is 12.1. The minimum Gasteiger partial charge on any atom is -0.480 e. The maximum absolute atomic E-state index is 11.6. The molecule has 1 aromatic heterocycles. The molecule has 1 aromatic rings. The lowest BCUT2D eigenvalue weighted by molar-refractivity contribution is -0.141. The first-order valence-corrected chi connectivity index (χ1v) is 5.52. The van der Waals surface area contributed by atoms with Crippen molar-refractivity contribution in [3.8, 4) is 0 Å². The van der Waals surface area contributed by atoms with E-state index in [1.807, 2.05) is 6.92 Å². The van der Waals surface area contributed by atoms with E-state index in [-0.39, 0.29) is 12.3 Å². The average molecular weight is 239 g/mol. The molecule has 0 aromatic carbocycles. The van der Waals surface area contributed by atoms with Gasteiger partial charge in [-0.25, -0.2) is 4.79 Å². The van der Waals surface area contributed by atoms with Crippen LogP contribution in [0.5, 0.6) is 0 Å². The summed E-state index contributed by atoms with van der Waals surface area (Å²) < 4.78 is 1.60. The fourth-order valence-corrected chi connectivity index (χ4v) is 1.54. The Bertz CT molecular complexity index is 400. The molecule has 94 valence electrons. The monoisotopic (exact) mass is 239 g/mol. The maximum atomic E-state index is 11.6. The number of nitrogens with zero attached hydrogens (tertiary/aromatic N) is 2. The highest BCUT2D eigenvalue weighted by Gasteiger charge is 2.18. The van der Waals surface area contributed by atoms with Crippen LogP contribution in [0.2, 0.25) is 0 Å². The molecule has 0 fully saturated rings. The number of aromatic nitrogens is 2. The number of hydrogen-bond acceptors (Lipinski definition) is 3. The van der Waals surface area contributed by atoms with Crippen molar-refractivity contribution in [1.29, 1.82) is 0 Å². The number of amides is 1. The van der Waals surface area contributed by atoms with Gasteiger partial charge in [0.2, 0.25) is 5.91 Å². The Morgan fingerprint density at radius 2 is 2.29 bits per heavy atom. The smallest absolute Gasteiger partial charge is 0.326 e. The molecular weight excluding hydrogens is 222 g/mol. The summed E-state index contributed by atoms with van der Waals surface area (Å²) in [5.74, 6) is -1.29. The summed E-state index contributed by atoms with van der Waals surface area (Å²) in [6, 6.07) is -0.802. The van der Waals surface area contributed by atoms with Crippen molar-refractivity contribution in [2.45, 2.75) is 32.2 Å². The van der Waals surface area contributed by atoms with E-state index < -0.39 is 12.0 Å². The van der Waals surface area contributed by atoms with Crippen molar-refractivity contribution in [2.24, 2.45) is 7.05 Å². The molecule has 0 aliphatic heterocycles. The van der Waals surface area contributed by atoms with Crippen molar-refractivity contribution in [3.63, 3.8) is 0 Å². The second-order valence-corrected chi connectivity index (χ2v) is 3.95. The molecule has 0 bridgehead atoms. The first-order chi connectivity index (χ1) is 8.02. The zero-order valence-electron chi connectivity index (χ0n) is 10.0. The Morgan fingerprint density at radius 1 is 1.59 bits per heavy atom. The van der Waals surface area contributed by atoms with Crippen LogP contribution in [0.25, 0.3) is 0 Å². The number of aliphatic carboxylic acids is 1. The summed E-state index contributed by atoms with van der Waals surface area (Å²) in [6.07, 6.45) is 4.63. The topological polar surface area (TPSA) is 84.2 Å². The van der Waals surface area contributed by atoms with Gasteiger partial charge in [0.05, 0.1) is 12.6 Å². The van der Waals surface area contributed by atoms with Gasteiger partial charge in [0.1, 0.15) is 6.04 Å². The Kier molecular flexibility index (Phi) is 4.68. The second kappa shape index (κ2) is 6.03. The van der Waals surface area contributed by atoms with E-state index in [0.29, 0.717) is 12.8 Å². The Balaban J connectivity index is 2.50. The zero-order chi connectivity index (χ0) is 12.8. The van der Waals surface area contributed by atoms with Gasteiger partial charge >= 0.3 is 5.97 Å². The molecule has 6 heteroatoms. The largest absolute Gasteiger partial charge is 0.480 e. The molecule has 17 heavy (non-hydrogen) atoms. The summed E-state index contributed by atoms with van der Waals surface area (Å²) in [6.45, 7) is 1.88. The number of carboxylic acid groups (broad SMARTS) is 1. The van der Waals surface area contributed by atoms with Crippen LogP contribution < -0.4 is 5.32 Å². The minimum atomic E-state index is -0.994. The quantitative estimate of drug-likeness (QED) is 0.749. The highest BCUT2D eigenvalue weighted by atomic mass is 16.4. The lowest BCUT2D eigenvalue weighted by Crippen LogP contribution is -2.41. The fourth-order valence-electron chi connectivity index (χ4n) is 1.54. The Morgan fingerprint density at radius 3 is 2.76 bits per heavy atom. The van der Waals surface area contributed by atoms with Crippen molar-refractivity contribution >= 4 is 11.9 Å². The van der Waals surface area contributed by atoms with Gasteiger partial charge in [-0.3, -0.25) is 9.48 Å². The molecule has 1 amide bonds. The van der Waals surface area contributed by atoms with Crippen LogP contribution in [0.3, 0.4) is 0 Å². The van der Waals surface area contributed by atoms with Crippen LogP contribution in [-0.4, -0.2) is 32.8 Å². The van der Waals surface area contributed by atoms with Crippen LogP contribution in [-0.2, 0) is 23.1 Å². The van der Waals surface area contributed by atoms with Crippen LogP contribution in [0.15, 0.2) is 12.4 Å². The number of aryl methyl sites for hydroxylation is 1. The molecule has 1 unspecified atom stereocenters. The van der Waals surface area contributed by atoms with Gasteiger partial charge in [-0.05, 0) is 12.0 Å². The SMILES string of the molecule is CCCC(NC(=O)Cc1cnn(C)c1)C(=O)O. The molecular formula is C11H17N3O3. The van der Waals surface area contributed by atoms with Crippen LogP contribution >= 0.6 is 0 Å². The Hall–Kier alpha value is -1.85. The third-order valence-corrected chi connectivity index (χ3v) is 2.33. The van der Waals surface area contributed by atoms with E-state index in [2.05, 4.69) is 10.4 Å². The Labute approximate surface area is 99.6 Å². The predicted molar refractivity (Wildman–Crippen MR) is 61.4 cm³/mol. The van der Waals surface area contributed by atoms with Crippen molar-refractivity contribution in [1.82, 2.24) is 15.1 Å². The van der Waals surface area contributed by atoms with Crippen LogP contribution in [0.1, 0.15) is 25.3 Å². The second-order valence-electron chi connectivity index (χ2n) is 3.95. The molecule has 1 heterocycles. The number of carbonyl (C=O) groups is 2. The van der Waals surface area contributed by atoms with E-state index >= 15 is 0 Å². The van der Waals surface area contributed by atoms with Gasteiger partial charge < -0.3 is 10.4 Å². The lowest BCUT2D eigenvalue weighted by atomic mass is 10.1. The first-order valence-electron chi connectivity index (χ1n) is 5.52. The molecule has 0 aliphatic carbocycles. The zero-order valence-corrected chi connectivity index (χ0v) is 10.0. The van der Waals surface area contributed by atoms with Crippen molar-refractivity contribution in [2.75, 3.05) is 0 Å². The average Bonchev–Trinajstić information content (AvgIpc) is 2.63. The van der Waals surface area contributed by atoms with Gasteiger partial charge in [-0.15, -0.1) is 0 Å². The number of carbonyl (C=O) groups excluding carboxylic acids is 1. The molecule has 0 aliphatic rings. The van der Waals surface area contributed by atoms with E-state index in [0.717, 1.165) is 5.56 Å². The summed E-state index contributed by atoms with van der Waals surface area (Å²) in [5.41, 5.74) is 0.769. The molecule has 0 saturated heterocycles. The molecule has 0 radical (unpaired) electrons. The standard InChI is InChI=1S/C11H17N3O3/c1-3-4-9(11(16)17)13-10(15)5-8-6-12-14(2)7-8/h6-7,9H,3-5H2,1-2H3,(H,13,15)(H,16,17). The van der Waals surface area contributed by atoms with Gasteiger partial charge in [-0.1, -0.05) is 13.3 Å². The third-order valence-electron chi connectivity index (χ3n) is 2.33. The van der Waals surface area contributed by atoms with Gasteiger partial charge in [-0.2, -0.15) is 5.10 Å². The summed E-state index contributed by atoms with van der Waals surface area (Å²) in [5, 5.41) is 15.3. The van der Waals surface area contributed by atoms with Gasteiger partial charge in [0, 0.05) is 13.2 Å². The number of rotatable bonds is 6. The van der Waals surface area contributed by atoms with Crippen molar-refractivity contribution in [3.05, 3.63) is 18.0 Å². The molecule has 2 N–H and O–H groups in total. The van der Waals surface area contributed by atoms with Gasteiger partial charge in [0.15, 0.2) is 0 Å². The van der Waals surface area contributed by atoms with Gasteiger partial charge in [0.25, 0.3) is 0 Å². The van der Waals surface area contributed by atoms with E-state index in [9.17, 15) is 9.59 Å². The first kappa shape index (κ1) is 13.2. The highest BCUT2D eigenvalue weighted by molar-refractivity contribution is 5.84. The number of carboxylic acids is 1. The summed E-state index contributed by atoms with van der Waals surface area (Å²) in [4.78, 5) is 22.5. The molecule has 6 nitrogen and oxygen atoms in total. The molecule has 0 saturated carbocycles. The minimum absolute atomic E-state index is 0.154. The molecule has 0 spiro atoms. The number of nitrogens with one attached hydrogen (secondary N) is 1. The maximum Gasteiger partial charge on any atom is 0.326 e. The van der Waals surface area contributed by atoms with E-state index in [1.165, 1.54) is 0 Å². The lowest BCUT2D eigenvalue weighted by Gasteiger charge is -2.12. The predicted octanol–water partition coefficient (Wildman–Crippen LogP) is 0.332. The molecule has 1 rings (SSSR count). The van der Waals surface area contributed by atoms with Crippen LogP contribution in [0, 0.1) is 0 Å².